The van der Waals surface area contributed by atoms with Gasteiger partial charge in [-0.15, -0.1) is 0 Å². The largest absolute Gasteiger partial charge is 0.379 e. The van der Waals surface area contributed by atoms with Crippen molar-refractivity contribution in [1.82, 2.24) is 19.4 Å². The van der Waals surface area contributed by atoms with Gasteiger partial charge in [-0.25, -0.2) is 13.2 Å². The fourth-order valence-electron chi connectivity index (χ4n) is 5.32. The van der Waals surface area contributed by atoms with Crippen molar-refractivity contribution >= 4 is 48.3 Å². The highest BCUT2D eigenvalue weighted by atomic mass is 79.9. The number of nitrogens with one attached hydrogen (secondary N) is 1. The fourth-order valence-corrected chi connectivity index (χ4v) is 7.09. The molecule has 1 aromatic heterocycles. The van der Waals surface area contributed by atoms with Crippen molar-refractivity contribution in [1.29, 1.82) is 0 Å². The lowest BCUT2D eigenvalue weighted by Crippen LogP contribution is -2.44. The van der Waals surface area contributed by atoms with Crippen LogP contribution in [0, 0.1) is 0 Å². The lowest BCUT2D eigenvalue weighted by atomic mass is 10.1. The van der Waals surface area contributed by atoms with E-state index in [1.807, 2.05) is 6.07 Å². The van der Waals surface area contributed by atoms with Crippen LogP contribution in [0.2, 0.25) is 5.02 Å². The second kappa shape index (κ2) is 11.2. The van der Waals surface area contributed by atoms with Crippen LogP contribution in [0.15, 0.2) is 49.3 Å². The molecule has 3 aromatic rings. The third-order valence-corrected chi connectivity index (χ3v) is 10.2. The molecule has 5 rings (SSSR count). The second-order valence-corrected chi connectivity index (χ2v) is 13.3. The monoisotopic (exact) mass is 624 g/mol. The molecule has 2 aromatic carbocycles. The van der Waals surface area contributed by atoms with Gasteiger partial charge in [-0.2, -0.15) is 0 Å². The quantitative estimate of drug-likeness (QED) is 0.431. The van der Waals surface area contributed by atoms with E-state index < -0.39 is 21.1 Å². The van der Waals surface area contributed by atoms with E-state index in [9.17, 15) is 18.0 Å². The second-order valence-electron chi connectivity index (χ2n) is 9.79. The number of ether oxygens (including phenoxy) is 1. The average Bonchev–Trinajstić information content (AvgIpc) is 3.37. The summed E-state index contributed by atoms with van der Waals surface area (Å²) in [5.41, 5.74) is 0.629. The van der Waals surface area contributed by atoms with Gasteiger partial charge in [0.05, 0.1) is 41.3 Å². The molecule has 2 fully saturated rings. The Morgan fingerprint density at radius 3 is 2.58 bits per heavy atom. The van der Waals surface area contributed by atoms with Crippen LogP contribution in [0.3, 0.4) is 0 Å². The normalized spacial score (nSPS) is 19.4. The topological polar surface area (TPSA) is 105 Å². The molecule has 12 heteroatoms. The number of benzene rings is 2. The van der Waals surface area contributed by atoms with Crippen molar-refractivity contribution in [2.24, 2.45) is 0 Å². The highest BCUT2D eigenvalue weighted by molar-refractivity contribution is 9.10. The Morgan fingerprint density at radius 1 is 1.08 bits per heavy atom. The van der Waals surface area contributed by atoms with Gasteiger partial charge in [0, 0.05) is 48.3 Å². The maximum Gasteiger partial charge on any atom is 0.329 e. The Hall–Kier alpha value is -2.02. The number of hydrogen-bond donors (Lipinski definition) is 1. The predicted molar refractivity (Wildman–Crippen MR) is 151 cm³/mol. The van der Waals surface area contributed by atoms with Crippen molar-refractivity contribution < 1.29 is 13.2 Å². The Bertz CT molecular complexity index is 1580. The Kier molecular flexibility index (Phi) is 8.14. The van der Waals surface area contributed by atoms with Gasteiger partial charge >= 0.3 is 5.69 Å². The van der Waals surface area contributed by atoms with Crippen LogP contribution in [0.5, 0.6) is 0 Å². The summed E-state index contributed by atoms with van der Waals surface area (Å²) in [5, 5.41) is 0.667. The molecule has 9 nitrogen and oxygen atoms in total. The van der Waals surface area contributed by atoms with E-state index in [0.717, 1.165) is 60.4 Å². The lowest BCUT2D eigenvalue weighted by Gasteiger charge is -2.32. The molecule has 204 valence electrons. The Morgan fingerprint density at radius 2 is 1.84 bits per heavy atom. The lowest BCUT2D eigenvalue weighted by molar-refractivity contribution is 0.0184. The number of rotatable bonds is 7. The molecule has 0 radical (unpaired) electrons. The van der Waals surface area contributed by atoms with E-state index in [1.54, 1.807) is 13.0 Å². The Balaban J connectivity index is 1.42. The van der Waals surface area contributed by atoms with Crippen LogP contribution in [0.25, 0.3) is 10.9 Å². The summed E-state index contributed by atoms with van der Waals surface area (Å²) in [6.07, 6.45) is 1.10. The number of fused-ring (bicyclic) bond motifs is 1. The van der Waals surface area contributed by atoms with Crippen molar-refractivity contribution in [2.75, 3.05) is 45.1 Å². The SMILES string of the molecule is CCS(=O)(=O)c1ccc(Cl)cc1Cn1c(=O)[nH]c2cc(CN3CCC(N4CCOCC4)C3)c(Br)cc2c1=O. The van der Waals surface area contributed by atoms with Crippen LogP contribution in [0.1, 0.15) is 24.5 Å². The molecule has 0 aliphatic carbocycles. The van der Waals surface area contributed by atoms with Crippen LogP contribution >= 0.6 is 27.5 Å². The summed E-state index contributed by atoms with van der Waals surface area (Å²) >= 11 is 9.75. The molecule has 2 aliphatic heterocycles. The van der Waals surface area contributed by atoms with Crippen LogP contribution in [0.4, 0.5) is 0 Å². The van der Waals surface area contributed by atoms with Crippen LogP contribution in [-0.2, 0) is 27.7 Å². The minimum atomic E-state index is -3.58. The van der Waals surface area contributed by atoms with E-state index in [4.69, 9.17) is 16.3 Å². The van der Waals surface area contributed by atoms with E-state index in [-0.39, 0.29) is 17.2 Å². The zero-order valence-electron chi connectivity index (χ0n) is 21.1. The highest BCUT2D eigenvalue weighted by Crippen LogP contribution is 2.26. The van der Waals surface area contributed by atoms with Crippen molar-refractivity contribution in [3.8, 4) is 0 Å². The third-order valence-electron chi connectivity index (χ3n) is 7.42. The van der Waals surface area contributed by atoms with Crippen molar-refractivity contribution in [3.63, 3.8) is 0 Å². The van der Waals surface area contributed by atoms with E-state index >= 15 is 0 Å². The number of H-pyrrole nitrogens is 1. The number of halogens is 2. The third kappa shape index (κ3) is 5.64. The molecule has 1 unspecified atom stereocenters. The highest BCUT2D eigenvalue weighted by Gasteiger charge is 2.29. The molecule has 1 N–H and O–H groups in total. The Labute approximate surface area is 234 Å². The molecule has 0 saturated carbocycles. The number of nitrogens with zero attached hydrogens (tertiary/aromatic N) is 3. The molecule has 0 amide bonds. The van der Waals surface area contributed by atoms with Gasteiger partial charge in [-0.05, 0) is 47.9 Å². The van der Waals surface area contributed by atoms with Gasteiger partial charge in [0.15, 0.2) is 9.84 Å². The minimum Gasteiger partial charge on any atom is -0.379 e. The molecule has 38 heavy (non-hydrogen) atoms. The van der Waals surface area contributed by atoms with E-state index in [2.05, 4.69) is 30.7 Å². The summed E-state index contributed by atoms with van der Waals surface area (Å²) in [4.78, 5) is 34.2. The molecule has 3 heterocycles. The van der Waals surface area contributed by atoms with Crippen molar-refractivity contribution in [2.45, 2.75) is 37.4 Å². The maximum absolute atomic E-state index is 13.4. The first kappa shape index (κ1) is 27.5. The standard InChI is InChI=1S/C26H30BrClN4O5S/c1-2-38(35,36)24-4-3-19(28)11-18(24)15-32-25(33)21-13-22(27)17(12-23(21)29-26(32)34)14-30-6-5-20(16-30)31-7-9-37-10-8-31/h3-4,11-13,20H,2,5-10,14-16H2,1H3,(H,29,34). The van der Waals surface area contributed by atoms with Gasteiger partial charge in [0.1, 0.15) is 0 Å². The average molecular weight is 626 g/mol. The molecular formula is C26H30BrClN4O5S. The van der Waals surface area contributed by atoms with Gasteiger partial charge < -0.3 is 9.72 Å². The predicted octanol–water partition coefficient (Wildman–Crippen LogP) is 2.85. The number of hydrogen-bond acceptors (Lipinski definition) is 7. The number of sulfone groups is 1. The summed E-state index contributed by atoms with van der Waals surface area (Å²) < 4.78 is 32.5. The van der Waals surface area contributed by atoms with Crippen LogP contribution in [-0.4, -0.2) is 79.0 Å². The van der Waals surface area contributed by atoms with E-state index in [1.165, 1.54) is 18.2 Å². The van der Waals surface area contributed by atoms with Gasteiger partial charge in [-0.3, -0.25) is 19.2 Å². The first-order chi connectivity index (χ1) is 18.2. The van der Waals surface area contributed by atoms with Crippen LogP contribution < -0.4 is 11.2 Å². The first-order valence-electron chi connectivity index (χ1n) is 12.7. The van der Waals surface area contributed by atoms with E-state index in [0.29, 0.717) is 34.1 Å². The molecule has 2 aliphatic rings. The number of likely N-dealkylation sites (tertiary alicyclic amines) is 1. The minimum absolute atomic E-state index is 0.0633. The number of aromatic nitrogens is 2. The summed E-state index contributed by atoms with van der Waals surface area (Å²) in [5.74, 6) is -0.107. The number of aromatic amines is 1. The summed E-state index contributed by atoms with van der Waals surface area (Å²) in [6.45, 7) is 7.47. The molecule has 0 bridgehead atoms. The zero-order chi connectivity index (χ0) is 27.0. The van der Waals surface area contributed by atoms with Gasteiger partial charge in [-0.1, -0.05) is 34.5 Å². The van der Waals surface area contributed by atoms with Gasteiger partial charge in [0.25, 0.3) is 5.56 Å². The summed E-state index contributed by atoms with van der Waals surface area (Å²) in [6, 6.07) is 8.49. The molecule has 2 saturated heterocycles. The van der Waals surface area contributed by atoms with Crippen molar-refractivity contribution in [3.05, 3.63) is 71.8 Å². The summed E-state index contributed by atoms with van der Waals surface area (Å²) in [7, 11) is -3.58. The fraction of sp³-hybridized carbons (Fsp3) is 0.462. The first-order valence-corrected chi connectivity index (χ1v) is 15.5. The maximum atomic E-state index is 13.4. The number of morpholine rings is 1. The zero-order valence-corrected chi connectivity index (χ0v) is 24.2. The molecule has 0 spiro atoms. The molecular weight excluding hydrogens is 596 g/mol. The van der Waals surface area contributed by atoms with Gasteiger partial charge in [0.2, 0.25) is 0 Å². The smallest absolute Gasteiger partial charge is 0.329 e. The molecule has 1 atom stereocenters.